The van der Waals surface area contributed by atoms with Crippen molar-refractivity contribution < 1.29 is 76.3 Å². The van der Waals surface area contributed by atoms with E-state index in [2.05, 4.69) is 37.2 Å². The second kappa shape index (κ2) is 29.0. The van der Waals surface area contributed by atoms with Gasteiger partial charge < -0.3 is 49.4 Å². The Bertz CT molecular complexity index is 5400. The predicted molar refractivity (Wildman–Crippen MR) is 403 cm³/mol. The summed E-state index contributed by atoms with van der Waals surface area (Å²) in [5.41, 5.74) is 19.8. The lowest BCUT2D eigenvalue weighted by molar-refractivity contribution is 0.0425. The number of rotatable bonds is 17. The molecule has 0 saturated carbocycles. The number of ether oxygens (including phenoxy) is 8. The Labute approximate surface area is 619 Å². The van der Waals surface area contributed by atoms with Gasteiger partial charge in [0.25, 0.3) is 23.6 Å². The van der Waals surface area contributed by atoms with Crippen LogP contribution < -0.4 is 44.8 Å². The van der Waals surface area contributed by atoms with Crippen LogP contribution in [0.1, 0.15) is 138 Å². The number of cyclic esters (lactones) is 4. The minimum atomic E-state index is -0.678. The van der Waals surface area contributed by atoms with Crippen molar-refractivity contribution in [3.05, 3.63) is 339 Å². The molecular formula is C88H66N4O16. The summed E-state index contributed by atoms with van der Waals surface area (Å²) in [6.45, 7) is 10.5. The molecule has 0 bridgehead atoms. The van der Waals surface area contributed by atoms with Crippen LogP contribution >= 0.6 is 0 Å². The lowest BCUT2D eigenvalue weighted by Crippen LogP contribution is -2.29. The molecule has 20 nitrogen and oxygen atoms in total. The molecule has 0 fully saturated rings. The second-order valence-electron chi connectivity index (χ2n) is 26.7. The number of hydrogen-bond donors (Lipinski definition) is 2. The summed E-state index contributed by atoms with van der Waals surface area (Å²) in [6, 6.07) is 78.8. The predicted octanol–water partition coefficient (Wildman–Crippen LogP) is 18.6. The van der Waals surface area contributed by atoms with Gasteiger partial charge in [-0.3, -0.25) is 24.1 Å². The molecular weight excluding hydrogens is 1370 g/mol. The average molecular weight is 1440 g/mol. The van der Waals surface area contributed by atoms with Gasteiger partial charge in [-0.1, -0.05) is 93.9 Å². The molecule has 534 valence electrons. The first kappa shape index (κ1) is 70.6. The largest absolute Gasteiger partial charge is 0.457 e. The third kappa shape index (κ3) is 14.8. The number of carbonyl (C=O) groups is 8. The molecule has 4 heterocycles. The molecule has 16 rings (SSSR count). The molecule has 0 aromatic heterocycles. The third-order valence-electron chi connectivity index (χ3n) is 18.7. The summed E-state index contributed by atoms with van der Waals surface area (Å²) in [6.07, 6.45) is 0. The molecule has 108 heavy (non-hydrogen) atoms. The van der Waals surface area contributed by atoms with Gasteiger partial charge in [0.15, 0.2) is 0 Å². The lowest BCUT2D eigenvalue weighted by atomic mass is 9.78. The Morgan fingerprint density at radius 2 is 0.500 bits per heavy atom. The normalized spacial score (nSPS) is 13.2. The number of fused-ring (bicyclic) bond motifs is 4. The minimum Gasteiger partial charge on any atom is -0.457 e. The number of carbonyl (C=O) groups excluding carboxylic acids is 8. The molecule has 0 unspecified atom stereocenters. The number of anilines is 3. The van der Waals surface area contributed by atoms with Crippen LogP contribution in [0.15, 0.2) is 267 Å². The zero-order valence-corrected chi connectivity index (χ0v) is 59.0. The van der Waals surface area contributed by atoms with Gasteiger partial charge in [-0.2, -0.15) is 0 Å². The van der Waals surface area contributed by atoms with Crippen LogP contribution in [0.4, 0.5) is 17.1 Å². The van der Waals surface area contributed by atoms with E-state index in [0.29, 0.717) is 79.9 Å². The van der Waals surface area contributed by atoms with E-state index in [1.165, 1.54) is 31.3 Å². The molecule has 4 N–H and O–H groups in total. The first-order valence-electron chi connectivity index (χ1n) is 34.1. The maximum absolute atomic E-state index is 13.5. The Hall–Kier alpha value is -14.4. The molecule has 4 amide bonds. The number of nitrogens with zero attached hydrogens (tertiary/aromatic N) is 2. The van der Waals surface area contributed by atoms with E-state index in [1.807, 2.05) is 153 Å². The Morgan fingerprint density at radius 1 is 0.269 bits per heavy atom. The van der Waals surface area contributed by atoms with E-state index in [-0.39, 0.29) is 50.5 Å². The Balaban J connectivity index is 0.000000156. The van der Waals surface area contributed by atoms with Gasteiger partial charge in [-0.05, 0) is 235 Å². The number of benzene rings is 12. The van der Waals surface area contributed by atoms with Crippen molar-refractivity contribution in [3.63, 3.8) is 0 Å². The van der Waals surface area contributed by atoms with Crippen LogP contribution in [0.25, 0.3) is 0 Å². The summed E-state index contributed by atoms with van der Waals surface area (Å²) in [5, 5.41) is 0. The highest BCUT2D eigenvalue weighted by atomic mass is 16.6. The molecule has 4 aliphatic heterocycles. The van der Waals surface area contributed by atoms with E-state index in [9.17, 15) is 38.4 Å². The standard InChI is InChI=1S/C45H34N2O7.C31H20O8.C12H12N2O/c1-27-5-13-31(14-6-27)52-34-19-11-30(12-20-34)47-43(50)38-24-22-36(26-40(38)44(47)51)54-33-17-9-29(10-18-33)45(2,3)28-7-15-32(16-8-28)53-35-21-23-37-39(25-35)42(49)46(4)41(37)48;1-31(2,17-3-7-19(8-4-17)36-21-11-13-23-25(15-21)29(34)38-27(23)32)18-5-9-20(10-6-18)37-22-12-14-24-26(16-22)30(35)39-28(24)33;13-9-1-5-11(6-2-9)15-12-7-3-10(14)4-8-12/h5-26H,1-4H3;3-16H,1-2H3;1-8H,13-14H2. The van der Waals surface area contributed by atoms with Crippen molar-refractivity contribution in [1.29, 1.82) is 0 Å². The average Bonchev–Trinajstić information content (AvgIpc) is 1.58. The zero-order chi connectivity index (χ0) is 75.7. The third-order valence-corrected chi connectivity index (χ3v) is 18.7. The van der Waals surface area contributed by atoms with Crippen molar-refractivity contribution in [2.45, 2.75) is 45.4 Å². The van der Waals surface area contributed by atoms with Crippen LogP contribution in [0.2, 0.25) is 0 Å². The van der Waals surface area contributed by atoms with Gasteiger partial charge in [0.1, 0.15) is 69.0 Å². The molecule has 0 saturated heterocycles. The number of amides is 4. The van der Waals surface area contributed by atoms with Crippen molar-refractivity contribution in [1.82, 2.24) is 4.90 Å². The smallest absolute Gasteiger partial charge is 0.347 e. The van der Waals surface area contributed by atoms with Crippen LogP contribution in [-0.2, 0) is 20.3 Å². The highest BCUT2D eigenvalue weighted by molar-refractivity contribution is 6.34. The molecule has 12 aromatic rings. The van der Waals surface area contributed by atoms with Gasteiger partial charge in [0, 0.05) is 29.3 Å². The van der Waals surface area contributed by atoms with Crippen LogP contribution in [0, 0.1) is 6.92 Å². The first-order valence-corrected chi connectivity index (χ1v) is 34.1. The number of nitrogen functional groups attached to an aromatic ring is 2. The summed E-state index contributed by atoms with van der Waals surface area (Å²) >= 11 is 0. The topological polar surface area (TPSA) is 269 Å². The molecule has 0 radical (unpaired) electrons. The maximum atomic E-state index is 13.5. The molecule has 12 aromatic carbocycles. The number of aryl methyl sites for hydroxylation is 1. The van der Waals surface area contributed by atoms with E-state index in [0.717, 1.165) is 60.5 Å². The molecule has 20 heteroatoms. The number of nitrogens with two attached hydrogens (primary N) is 2. The van der Waals surface area contributed by atoms with Gasteiger partial charge in [-0.25, -0.2) is 24.1 Å². The fourth-order valence-corrected chi connectivity index (χ4v) is 12.4. The lowest BCUT2D eigenvalue weighted by Gasteiger charge is -2.26. The van der Waals surface area contributed by atoms with E-state index >= 15 is 0 Å². The fraction of sp³-hybridized carbons (Fsp3) is 0.0909. The summed E-state index contributed by atoms with van der Waals surface area (Å²) in [7, 11) is 1.46. The van der Waals surface area contributed by atoms with Gasteiger partial charge in [-0.15, -0.1) is 0 Å². The summed E-state index contributed by atoms with van der Waals surface area (Å²) in [4.78, 5) is 101. The number of esters is 4. The Morgan fingerprint density at radius 3 is 0.843 bits per heavy atom. The van der Waals surface area contributed by atoms with Gasteiger partial charge in [0.2, 0.25) is 0 Å². The van der Waals surface area contributed by atoms with E-state index in [4.69, 9.17) is 39.9 Å². The maximum Gasteiger partial charge on any atom is 0.347 e. The minimum absolute atomic E-state index is 0.191. The second-order valence-corrected chi connectivity index (χ2v) is 26.7. The summed E-state index contributed by atoms with van der Waals surface area (Å²) < 4.78 is 44.7. The summed E-state index contributed by atoms with van der Waals surface area (Å²) in [5.74, 6) is 2.76. The SMILES string of the molecule is CC(C)(c1ccc(Oc2ccc3c(c2)C(=O)OC3=O)cc1)c1ccc(Oc2ccc3c(c2)C(=O)OC3=O)cc1.Cc1ccc(Oc2ccc(N3C(=O)c4ccc(Oc5ccc(C(C)(C)c6ccc(Oc7ccc8c(c7)C(=O)N(C)C8=O)cc6)cc5)cc4C3=O)cc2)cc1.Nc1ccc(Oc2ccc(N)cc2)cc1. The van der Waals surface area contributed by atoms with Crippen molar-refractivity contribution in [3.8, 4) is 69.0 Å². The van der Waals surface area contributed by atoms with Crippen molar-refractivity contribution in [2.75, 3.05) is 23.4 Å². The van der Waals surface area contributed by atoms with E-state index < -0.39 is 35.7 Å². The monoisotopic (exact) mass is 1430 g/mol. The zero-order valence-electron chi connectivity index (χ0n) is 59.0. The number of hydrogen-bond acceptors (Lipinski definition) is 18. The Kier molecular flexibility index (Phi) is 19.0. The van der Waals surface area contributed by atoms with Gasteiger partial charge >= 0.3 is 23.9 Å². The van der Waals surface area contributed by atoms with Crippen LogP contribution in [0.3, 0.4) is 0 Å². The van der Waals surface area contributed by atoms with Crippen LogP contribution in [-0.4, -0.2) is 59.5 Å². The van der Waals surface area contributed by atoms with E-state index in [1.54, 1.807) is 97.1 Å². The highest BCUT2D eigenvalue weighted by Crippen LogP contribution is 2.41. The first-order chi connectivity index (χ1) is 51.9. The molecule has 4 aliphatic rings. The van der Waals surface area contributed by atoms with Crippen molar-refractivity contribution >= 4 is 64.6 Å². The number of imide groups is 2. The van der Waals surface area contributed by atoms with Gasteiger partial charge in [0.05, 0.1) is 50.2 Å². The quantitative estimate of drug-likeness (QED) is 0.0371. The van der Waals surface area contributed by atoms with Crippen molar-refractivity contribution in [2.24, 2.45) is 0 Å². The molecule has 0 atom stereocenters. The van der Waals surface area contributed by atoms with Crippen LogP contribution in [0.5, 0.6) is 69.0 Å². The molecule has 0 spiro atoms. The highest BCUT2D eigenvalue weighted by Gasteiger charge is 2.38. The molecule has 0 aliphatic carbocycles. The fourth-order valence-electron chi connectivity index (χ4n) is 12.4.